The van der Waals surface area contributed by atoms with Gasteiger partial charge in [-0.1, -0.05) is 12.1 Å². The van der Waals surface area contributed by atoms with Gasteiger partial charge in [-0.15, -0.1) is 5.23 Å². The van der Waals surface area contributed by atoms with Gasteiger partial charge in [0, 0.05) is 17.1 Å². The van der Waals surface area contributed by atoms with E-state index in [1.807, 2.05) is 0 Å². The van der Waals surface area contributed by atoms with Crippen molar-refractivity contribution in [3.8, 4) is 0 Å². The fraction of sp³-hybridized carbons (Fsp3) is 0. The maximum atomic E-state index is 11.8. The van der Waals surface area contributed by atoms with Crippen molar-refractivity contribution in [2.45, 2.75) is 0 Å². The van der Waals surface area contributed by atoms with Crippen molar-refractivity contribution in [3.63, 3.8) is 0 Å². The number of benzene rings is 2. The molecule has 0 saturated heterocycles. The number of nitrogens with one attached hydrogen (secondary N) is 2. The first-order valence-electron chi connectivity index (χ1n) is 6.06. The predicted molar refractivity (Wildman–Crippen MR) is 80.8 cm³/mol. The fourth-order valence-electron chi connectivity index (χ4n) is 1.70. The highest BCUT2D eigenvalue weighted by atomic mass is 16.8. The zero-order valence-electron chi connectivity index (χ0n) is 11.1. The first-order chi connectivity index (χ1) is 10.5. The maximum Gasteiger partial charge on any atom is 0.323 e. The molecule has 4 N–H and O–H groups in total. The van der Waals surface area contributed by atoms with Crippen molar-refractivity contribution in [1.29, 1.82) is 0 Å². The van der Waals surface area contributed by atoms with E-state index < -0.39 is 11.3 Å². The van der Waals surface area contributed by atoms with Gasteiger partial charge in [-0.05, 0) is 36.4 Å². The van der Waals surface area contributed by atoms with Crippen molar-refractivity contribution in [2.24, 2.45) is 0 Å². The summed E-state index contributed by atoms with van der Waals surface area (Å²) in [5, 5.41) is 43.4. The van der Waals surface area contributed by atoms with Gasteiger partial charge in [0.2, 0.25) is 0 Å². The largest absolute Gasteiger partial charge is 0.769 e. The molecule has 2 aromatic carbocycles. The molecular formula is C13H12N4O5-2. The Morgan fingerprint density at radius 3 is 1.91 bits per heavy atom. The number of anilines is 4. The van der Waals surface area contributed by atoms with Crippen LogP contribution in [-0.4, -0.2) is 16.4 Å². The molecule has 2 amide bonds. The van der Waals surface area contributed by atoms with Gasteiger partial charge in [-0.25, -0.2) is 4.79 Å². The quantitative estimate of drug-likeness (QED) is 0.638. The van der Waals surface area contributed by atoms with Crippen LogP contribution in [0.1, 0.15) is 0 Å². The first kappa shape index (κ1) is 15.5. The average molecular weight is 304 g/mol. The highest BCUT2D eigenvalue weighted by molar-refractivity contribution is 6.00. The molecule has 2 rings (SSSR count). The number of hydrogen-bond acceptors (Lipinski definition) is 7. The van der Waals surface area contributed by atoms with Crippen LogP contribution >= 0.6 is 0 Å². The maximum absolute atomic E-state index is 11.8. The van der Waals surface area contributed by atoms with Crippen molar-refractivity contribution < 1.29 is 15.2 Å². The molecule has 0 heterocycles. The molecule has 0 atom stereocenters. The summed E-state index contributed by atoms with van der Waals surface area (Å²) in [6.07, 6.45) is 0. The molecule has 0 aliphatic rings. The predicted octanol–water partition coefficient (Wildman–Crippen LogP) is 2.72. The monoisotopic (exact) mass is 304 g/mol. The Labute approximate surface area is 125 Å². The second kappa shape index (κ2) is 6.74. The summed E-state index contributed by atoms with van der Waals surface area (Å²) >= 11 is 0. The molecule has 0 aliphatic carbocycles. The Morgan fingerprint density at radius 2 is 1.41 bits per heavy atom. The van der Waals surface area contributed by atoms with E-state index in [0.717, 1.165) is 0 Å². The third kappa shape index (κ3) is 4.07. The van der Waals surface area contributed by atoms with E-state index in [1.165, 1.54) is 42.5 Å². The number of urea groups is 1. The van der Waals surface area contributed by atoms with Crippen LogP contribution in [0, 0.1) is 10.4 Å². The van der Waals surface area contributed by atoms with Crippen molar-refractivity contribution >= 4 is 28.8 Å². The van der Waals surface area contributed by atoms with E-state index >= 15 is 0 Å². The van der Waals surface area contributed by atoms with E-state index in [0.29, 0.717) is 5.69 Å². The molecule has 0 bridgehead atoms. The minimum Gasteiger partial charge on any atom is -0.769 e. The van der Waals surface area contributed by atoms with Crippen LogP contribution in [0.25, 0.3) is 0 Å². The van der Waals surface area contributed by atoms with Crippen molar-refractivity contribution in [2.75, 3.05) is 21.1 Å². The fourth-order valence-corrected chi connectivity index (χ4v) is 1.70. The van der Waals surface area contributed by atoms with Crippen LogP contribution in [0.15, 0.2) is 48.5 Å². The lowest BCUT2D eigenvalue weighted by Gasteiger charge is -2.37. The number of carbonyl (C=O) groups is 1. The van der Waals surface area contributed by atoms with Gasteiger partial charge in [0.1, 0.15) is 0 Å². The van der Waals surface area contributed by atoms with E-state index in [-0.39, 0.29) is 22.3 Å². The van der Waals surface area contributed by atoms with Crippen molar-refractivity contribution in [3.05, 3.63) is 58.9 Å². The highest BCUT2D eigenvalue weighted by Crippen LogP contribution is 2.19. The van der Waals surface area contributed by atoms with E-state index in [2.05, 4.69) is 10.6 Å². The number of amides is 2. The Hall–Kier alpha value is -2.85. The molecule has 9 nitrogen and oxygen atoms in total. The Bertz CT molecular complexity index is 607. The first-order valence-corrected chi connectivity index (χ1v) is 6.06. The summed E-state index contributed by atoms with van der Waals surface area (Å²) in [7, 11) is 0. The van der Waals surface area contributed by atoms with Crippen LogP contribution in [0.4, 0.5) is 27.5 Å². The summed E-state index contributed by atoms with van der Waals surface area (Å²) in [5.41, 5.74) is 0.492. The summed E-state index contributed by atoms with van der Waals surface area (Å²) < 4.78 is 0. The zero-order valence-corrected chi connectivity index (χ0v) is 11.1. The second-order valence-corrected chi connectivity index (χ2v) is 4.23. The second-order valence-electron chi connectivity index (χ2n) is 4.23. The Balaban J connectivity index is 2.04. The van der Waals surface area contributed by atoms with Gasteiger partial charge in [0.15, 0.2) is 0 Å². The summed E-state index contributed by atoms with van der Waals surface area (Å²) in [6.45, 7) is 0. The standard InChI is InChI=1S/C13H12N4O5/c18-13(14-9-3-1-5-11(7-9)16(19)20)15-10-4-2-6-12(8-10)17(21)22/h1-8,19-20H,(H2,14,15,18)/q-2. The van der Waals surface area contributed by atoms with Gasteiger partial charge in [-0.3, -0.25) is 10.4 Å². The third-order valence-electron chi connectivity index (χ3n) is 2.65. The molecule has 0 saturated carbocycles. The van der Waals surface area contributed by atoms with Gasteiger partial charge in [0.25, 0.3) is 0 Å². The SMILES string of the molecule is O=C(Nc1cccc(N([O-])[O-])c1)Nc1cccc(N(O)O)c1. The average Bonchev–Trinajstić information content (AvgIpc) is 2.47. The molecule has 0 aromatic heterocycles. The number of hydrogen-bond donors (Lipinski definition) is 4. The molecule has 0 aliphatic heterocycles. The molecular weight excluding hydrogens is 292 g/mol. The zero-order chi connectivity index (χ0) is 16.1. The van der Waals surface area contributed by atoms with Crippen LogP contribution in [0.5, 0.6) is 0 Å². The Kier molecular flexibility index (Phi) is 4.76. The minimum atomic E-state index is -0.625. The molecule has 0 fully saturated rings. The molecule has 9 heteroatoms. The summed E-state index contributed by atoms with van der Waals surface area (Å²) in [5.74, 6) is 0. The number of carbonyl (C=O) groups excluding carboxylic acids is 1. The third-order valence-corrected chi connectivity index (χ3v) is 2.65. The molecule has 0 unspecified atom stereocenters. The molecule has 22 heavy (non-hydrogen) atoms. The molecule has 0 radical (unpaired) electrons. The number of rotatable bonds is 4. The lowest BCUT2D eigenvalue weighted by molar-refractivity contribution is 0.0292. The Morgan fingerprint density at radius 1 is 0.909 bits per heavy atom. The van der Waals surface area contributed by atoms with E-state index in [4.69, 9.17) is 10.4 Å². The summed E-state index contributed by atoms with van der Waals surface area (Å²) in [6, 6.07) is 10.7. The smallest absolute Gasteiger partial charge is 0.323 e. The van der Waals surface area contributed by atoms with Gasteiger partial charge in [0.05, 0.1) is 5.69 Å². The highest BCUT2D eigenvalue weighted by Gasteiger charge is 2.05. The number of nitrogens with zero attached hydrogens (tertiary/aromatic N) is 2. The minimum absolute atomic E-state index is 0.0631. The van der Waals surface area contributed by atoms with Gasteiger partial charge < -0.3 is 26.3 Å². The van der Waals surface area contributed by atoms with Gasteiger partial charge in [-0.2, -0.15) is 0 Å². The van der Waals surface area contributed by atoms with E-state index in [1.54, 1.807) is 6.07 Å². The van der Waals surface area contributed by atoms with E-state index in [9.17, 15) is 15.2 Å². The normalized spacial score (nSPS) is 10.0. The van der Waals surface area contributed by atoms with Crippen LogP contribution in [0.3, 0.4) is 0 Å². The topological polar surface area (TPSA) is 134 Å². The van der Waals surface area contributed by atoms with Crippen LogP contribution in [-0.2, 0) is 0 Å². The van der Waals surface area contributed by atoms with Crippen LogP contribution < -0.4 is 21.1 Å². The summed E-state index contributed by atoms with van der Waals surface area (Å²) in [4.78, 5) is 11.8. The van der Waals surface area contributed by atoms with Crippen LogP contribution in [0.2, 0.25) is 0 Å². The molecule has 2 aromatic rings. The molecule has 0 spiro atoms. The molecule has 116 valence electrons. The van der Waals surface area contributed by atoms with Gasteiger partial charge >= 0.3 is 6.03 Å². The van der Waals surface area contributed by atoms with Crippen molar-refractivity contribution in [1.82, 2.24) is 0 Å². The lowest BCUT2D eigenvalue weighted by Crippen LogP contribution is -2.20. The lowest BCUT2D eigenvalue weighted by atomic mass is 10.2.